The largest absolute Gasteiger partial charge is 0.354 e. The Hall–Kier alpha value is -1.84. The van der Waals surface area contributed by atoms with E-state index in [1.54, 1.807) is 25.1 Å². The van der Waals surface area contributed by atoms with E-state index in [2.05, 4.69) is 5.32 Å². The third kappa shape index (κ3) is 8.08. The van der Waals surface area contributed by atoms with Crippen LogP contribution >= 0.6 is 34.8 Å². The fourth-order valence-corrected chi connectivity index (χ4v) is 4.90. The Kier molecular flexibility index (Phi) is 10.9. The lowest BCUT2D eigenvalue weighted by molar-refractivity contribution is -0.141. The standard InChI is InChI=1S/C24H30Cl3N3O4S/c1-5-22(24(32)28-13-16(2)3)30(14-17-6-11-20(26)21(27)12-17)23(31)15-29(4)35(33,34)19-9-7-18(25)8-10-19/h6-12,16,22H,5,13-15H2,1-4H3,(H,28,32). The van der Waals surface area contributed by atoms with Crippen molar-refractivity contribution >= 4 is 56.6 Å². The lowest BCUT2D eigenvalue weighted by Crippen LogP contribution is -2.52. The molecule has 7 nitrogen and oxygen atoms in total. The molecule has 0 aliphatic rings. The van der Waals surface area contributed by atoms with Crippen molar-refractivity contribution in [3.8, 4) is 0 Å². The maximum Gasteiger partial charge on any atom is 0.243 e. The first-order valence-corrected chi connectivity index (χ1v) is 13.7. The van der Waals surface area contributed by atoms with Gasteiger partial charge in [-0.1, -0.05) is 61.6 Å². The van der Waals surface area contributed by atoms with E-state index in [-0.39, 0.29) is 23.3 Å². The molecule has 1 N–H and O–H groups in total. The van der Waals surface area contributed by atoms with Crippen molar-refractivity contribution in [3.05, 3.63) is 63.1 Å². The predicted octanol–water partition coefficient (Wildman–Crippen LogP) is 4.85. The van der Waals surface area contributed by atoms with Crippen molar-refractivity contribution in [1.82, 2.24) is 14.5 Å². The molecule has 1 unspecified atom stereocenters. The van der Waals surface area contributed by atoms with E-state index in [1.165, 1.54) is 36.2 Å². The number of hydrogen-bond donors (Lipinski definition) is 1. The Morgan fingerprint density at radius 3 is 2.17 bits per heavy atom. The van der Waals surface area contributed by atoms with Gasteiger partial charge in [-0.15, -0.1) is 0 Å². The first kappa shape index (κ1) is 29.4. The van der Waals surface area contributed by atoms with Gasteiger partial charge < -0.3 is 10.2 Å². The van der Waals surface area contributed by atoms with Crippen LogP contribution in [-0.2, 0) is 26.2 Å². The first-order chi connectivity index (χ1) is 16.4. The Balaban J connectivity index is 2.34. The molecule has 0 saturated heterocycles. The molecule has 2 aromatic rings. The summed E-state index contributed by atoms with van der Waals surface area (Å²) in [7, 11) is -2.64. The van der Waals surface area contributed by atoms with Gasteiger partial charge in [0, 0.05) is 25.2 Å². The number of nitrogens with one attached hydrogen (secondary N) is 1. The van der Waals surface area contributed by atoms with Crippen LogP contribution < -0.4 is 5.32 Å². The summed E-state index contributed by atoms with van der Waals surface area (Å²) in [6.07, 6.45) is 0.338. The predicted molar refractivity (Wildman–Crippen MR) is 140 cm³/mol. The van der Waals surface area contributed by atoms with Gasteiger partial charge in [0.2, 0.25) is 21.8 Å². The number of carbonyl (C=O) groups excluding carboxylic acids is 2. The fourth-order valence-electron chi connectivity index (χ4n) is 3.33. The molecule has 0 fully saturated rings. The van der Waals surface area contributed by atoms with E-state index in [9.17, 15) is 18.0 Å². The molecule has 0 saturated carbocycles. The van der Waals surface area contributed by atoms with E-state index in [0.717, 1.165) is 4.31 Å². The zero-order valence-corrected chi connectivity index (χ0v) is 23.2. The van der Waals surface area contributed by atoms with Gasteiger partial charge in [0.25, 0.3) is 0 Å². The number of sulfonamides is 1. The lowest BCUT2D eigenvalue weighted by Gasteiger charge is -2.32. The number of amides is 2. The van der Waals surface area contributed by atoms with Gasteiger partial charge in [-0.3, -0.25) is 9.59 Å². The van der Waals surface area contributed by atoms with Crippen LogP contribution in [0.3, 0.4) is 0 Å². The number of nitrogens with zero attached hydrogens (tertiary/aromatic N) is 2. The van der Waals surface area contributed by atoms with Crippen LogP contribution in [0.25, 0.3) is 0 Å². The van der Waals surface area contributed by atoms with Gasteiger partial charge in [-0.05, 0) is 54.3 Å². The number of rotatable bonds is 11. The molecule has 0 aliphatic carbocycles. The molecule has 0 bridgehead atoms. The Bertz CT molecular complexity index is 1140. The molecule has 2 amide bonds. The number of likely N-dealkylation sites (N-methyl/N-ethyl adjacent to an activating group) is 1. The minimum absolute atomic E-state index is 0.00921. The molecule has 2 rings (SSSR count). The van der Waals surface area contributed by atoms with Gasteiger partial charge >= 0.3 is 0 Å². The zero-order chi connectivity index (χ0) is 26.3. The van der Waals surface area contributed by atoms with Gasteiger partial charge in [-0.25, -0.2) is 8.42 Å². The molecule has 192 valence electrons. The SMILES string of the molecule is CCC(C(=O)NCC(C)C)N(Cc1ccc(Cl)c(Cl)c1)C(=O)CN(C)S(=O)(=O)c1ccc(Cl)cc1. The van der Waals surface area contributed by atoms with Crippen molar-refractivity contribution < 1.29 is 18.0 Å². The van der Waals surface area contributed by atoms with E-state index in [0.29, 0.717) is 33.6 Å². The number of hydrogen-bond acceptors (Lipinski definition) is 4. The van der Waals surface area contributed by atoms with Crippen molar-refractivity contribution in [2.75, 3.05) is 20.1 Å². The highest BCUT2D eigenvalue weighted by Gasteiger charge is 2.32. The molecule has 1 atom stereocenters. The summed E-state index contributed by atoms with van der Waals surface area (Å²) < 4.78 is 26.9. The lowest BCUT2D eigenvalue weighted by atomic mass is 10.1. The van der Waals surface area contributed by atoms with Gasteiger partial charge in [0.05, 0.1) is 21.5 Å². The third-order valence-corrected chi connectivity index (χ3v) is 8.10. The van der Waals surface area contributed by atoms with Crippen molar-refractivity contribution in [3.63, 3.8) is 0 Å². The van der Waals surface area contributed by atoms with Crippen LogP contribution in [0.4, 0.5) is 0 Å². The average Bonchev–Trinajstić information content (AvgIpc) is 2.79. The molecule has 2 aromatic carbocycles. The average molecular weight is 563 g/mol. The maximum absolute atomic E-state index is 13.4. The molecule has 0 heterocycles. The van der Waals surface area contributed by atoms with E-state index in [1.807, 2.05) is 13.8 Å². The smallest absolute Gasteiger partial charge is 0.243 e. The maximum atomic E-state index is 13.4. The highest BCUT2D eigenvalue weighted by Crippen LogP contribution is 2.24. The molecule has 0 spiro atoms. The summed E-state index contributed by atoms with van der Waals surface area (Å²) in [5.41, 5.74) is 0.658. The van der Waals surface area contributed by atoms with E-state index < -0.39 is 28.5 Å². The Morgan fingerprint density at radius 2 is 1.63 bits per heavy atom. The number of benzene rings is 2. The van der Waals surface area contributed by atoms with Gasteiger partial charge in [-0.2, -0.15) is 4.31 Å². The minimum atomic E-state index is -3.96. The van der Waals surface area contributed by atoms with E-state index >= 15 is 0 Å². The van der Waals surface area contributed by atoms with Gasteiger partial charge in [0.1, 0.15) is 6.04 Å². The summed E-state index contributed by atoms with van der Waals surface area (Å²) in [5.74, 6) is -0.605. The normalized spacial score (nSPS) is 12.6. The molecule has 11 heteroatoms. The second-order valence-corrected chi connectivity index (χ2v) is 11.8. The second kappa shape index (κ2) is 12.9. The van der Waals surface area contributed by atoms with Crippen LogP contribution in [0, 0.1) is 5.92 Å². The fraction of sp³-hybridized carbons (Fsp3) is 0.417. The molecular formula is C24H30Cl3N3O4S. The highest BCUT2D eigenvalue weighted by atomic mass is 35.5. The minimum Gasteiger partial charge on any atom is -0.354 e. The zero-order valence-electron chi connectivity index (χ0n) is 20.1. The van der Waals surface area contributed by atoms with Crippen molar-refractivity contribution in [2.24, 2.45) is 5.92 Å². The highest BCUT2D eigenvalue weighted by molar-refractivity contribution is 7.89. The summed E-state index contributed by atoms with van der Waals surface area (Å²) in [5, 5.41) is 3.94. The molecule has 0 aliphatic heterocycles. The molecular weight excluding hydrogens is 533 g/mol. The van der Waals surface area contributed by atoms with Crippen LogP contribution in [0.5, 0.6) is 0 Å². The molecule has 0 aromatic heterocycles. The third-order valence-electron chi connectivity index (χ3n) is 5.29. The van der Waals surface area contributed by atoms with Gasteiger partial charge in [0.15, 0.2) is 0 Å². The summed E-state index contributed by atoms with van der Waals surface area (Å²) >= 11 is 18.0. The van der Waals surface area contributed by atoms with Crippen molar-refractivity contribution in [1.29, 1.82) is 0 Å². The Labute approximate surface area is 222 Å². The van der Waals surface area contributed by atoms with Crippen LogP contribution in [0.2, 0.25) is 15.1 Å². The Morgan fingerprint density at radius 1 is 1.00 bits per heavy atom. The quantitative estimate of drug-likeness (QED) is 0.424. The monoisotopic (exact) mass is 561 g/mol. The number of halogens is 3. The molecule has 0 radical (unpaired) electrons. The topological polar surface area (TPSA) is 86.8 Å². The van der Waals surface area contributed by atoms with Crippen LogP contribution in [0.15, 0.2) is 47.4 Å². The molecule has 35 heavy (non-hydrogen) atoms. The first-order valence-electron chi connectivity index (χ1n) is 11.1. The summed E-state index contributed by atoms with van der Waals surface area (Å²) in [6, 6.07) is 9.82. The summed E-state index contributed by atoms with van der Waals surface area (Å²) in [4.78, 5) is 27.8. The van der Waals surface area contributed by atoms with Crippen LogP contribution in [-0.4, -0.2) is 55.6 Å². The van der Waals surface area contributed by atoms with E-state index in [4.69, 9.17) is 34.8 Å². The second-order valence-electron chi connectivity index (χ2n) is 8.55. The van der Waals surface area contributed by atoms with Crippen LogP contribution in [0.1, 0.15) is 32.8 Å². The van der Waals surface area contributed by atoms with Crippen molar-refractivity contribution in [2.45, 2.75) is 44.7 Å². The summed E-state index contributed by atoms with van der Waals surface area (Å²) in [6.45, 7) is 5.78. The number of carbonyl (C=O) groups is 2.